The summed E-state index contributed by atoms with van der Waals surface area (Å²) in [6, 6.07) is 0. The molecule has 0 bridgehead atoms. The molecule has 1 aliphatic rings. The lowest BCUT2D eigenvalue weighted by atomic mass is 9.76. The van der Waals surface area contributed by atoms with Gasteiger partial charge in [-0.25, -0.2) is 0 Å². The van der Waals surface area contributed by atoms with E-state index >= 15 is 0 Å². The van der Waals surface area contributed by atoms with Crippen molar-refractivity contribution in [3.05, 3.63) is 11.3 Å². The summed E-state index contributed by atoms with van der Waals surface area (Å²) >= 11 is 0. The summed E-state index contributed by atoms with van der Waals surface area (Å²) in [5.74, 6) is -0.844. The van der Waals surface area contributed by atoms with Gasteiger partial charge in [-0.15, -0.1) is 0 Å². The number of aliphatic hydroxyl groups excluding tert-OH is 1. The lowest BCUT2D eigenvalue weighted by molar-refractivity contribution is -0.125. The van der Waals surface area contributed by atoms with Crippen LogP contribution in [0.15, 0.2) is 11.3 Å². The van der Waals surface area contributed by atoms with Gasteiger partial charge in [-0.2, -0.15) is 0 Å². The Morgan fingerprint density at radius 2 is 1.82 bits per heavy atom. The van der Waals surface area contributed by atoms with Crippen molar-refractivity contribution < 1.29 is 14.7 Å². The number of rotatable bonds is 1. The van der Waals surface area contributed by atoms with Crippen LogP contribution in [0.25, 0.3) is 0 Å². The zero-order valence-electron chi connectivity index (χ0n) is 11.2. The van der Waals surface area contributed by atoms with Crippen molar-refractivity contribution in [1.82, 2.24) is 5.32 Å². The number of carbonyl (C=O) groups excluding carboxylic acids is 2. The highest BCUT2D eigenvalue weighted by molar-refractivity contribution is 6.20. The number of hydrogen-bond acceptors (Lipinski definition) is 3. The van der Waals surface area contributed by atoms with Gasteiger partial charge in [0.1, 0.15) is 11.3 Å². The Labute approximate surface area is 102 Å². The van der Waals surface area contributed by atoms with Crippen LogP contribution in [0.4, 0.5) is 0 Å². The van der Waals surface area contributed by atoms with Gasteiger partial charge in [-0.1, -0.05) is 13.8 Å². The standard InChI is InChI=1S/C13H21NO3/c1-12(2,3)14-11(17)10-8(15)6-13(4,5)7-9(10)16/h15H,6-7H2,1-5H3,(H,14,17). The first-order chi connectivity index (χ1) is 7.52. The fraction of sp³-hybridized carbons (Fsp3) is 0.692. The third-order valence-corrected chi connectivity index (χ3v) is 2.57. The minimum absolute atomic E-state index is 0.0701. The molecule has 0 heterocycles. The Kier molecular flexibility index (Phi) is 3.37. The molecule has 0 aliphatic heterocycles. The third-order valence-electron chi connectivity index (χ3n) is 2.57. The molecule has 0 saturated heterocycles. The van der Waals surface area contributed by atoms with Crippen LogP contribution >= 0.6 is 0 Å². The van der Waals surface area contributed by atoms with Gasteiger partial charge in [-0.3, -0.25) is 9.59 Å². The van der Waals surface area contributed by atoms with Gasteiger partial charge in [-0.05, 0) is 26.2 Å². The van der Waals surface area contributed by atoms with Crippen LogP contribution in [0, 0.1) is 5.41 Å². The first kappa shape index (κ1) is 13.7. The second-order valence-electron chi connectivity index (χ2n) is 6.47. The van der Waals surface area contributed by atoms with Crippen molar-refractivity contribution in [3.8, 4) is 0 Å². The molecule has 1 rings (SSSR count). The van der Waals surface area contributed by atoms with Gasteiger partial charge in [0.05, 0.1) is 0 Å². The molecule has 0 atom stereocenters. The lowest BCUT2D eigenvalue weighted by Crippen LogP contribution is -2.44. The van der Waals surface area contributed by atoms with Crippen LogP contribution in [-0.4, -0.2) is 22.3 Å². The van der Waals surface area contributed by atoms with Crippen LogP contribution in [0.2, 0.25) is 0 Å². The summed E-state index contributed by atoms with van der Waals surface area (Å²) in [6.07, 6.45) is 0.662. The van der Waals surface area contributed by atoms with Crippen molar-refractivity contribution in [3.63, 3.8) is 0 Å². The van der Waals surface area contributed by atoms with Gasteiger partial charge in [0, 0.05) is 18.4 Å². The molecule has 0 aromatic rings. The van der Waals surface area contributed by atoms with E-state index < -0.39 is 11.4 Å². The fourth-order valence-electron chi connectivity index (χ4n) is 1.95. The van der Waals surface area contributed by atoms with E-state index in [9.17, 15) is 14.7 Å². The van der Waals surface area contributed by atoms with Crippen LogP contribution in [-0.2, 0) is 9.59 Å². The van der Waals surface area contributed by atoms with Crippen molar-refractivity contribution in [2.45, 2.75) is 53.0 Å². The normalized spacial score (nSPS) is 20.4. The van der Waals surface area contributed by atoms with Gasteiger partial charge in [0.25, 0.3) is 5.91 Å². The molecule has 17 heavy (non-hydrogen) atoms. The van der Waals surface area contributed by atoms with Crippen LogP contribution in [0.5, 0.6) is 0 Å². The molecule has 0 aromatic heterocycles. The highest BCUT2D eigenvalue weighted by Crippen LogP contribution is 2.35. The number of hydrogen-bond donors (Lipinski definition) is 2. The Balaban J connectivity index is 2.97. The minimum atomic E-state index is -0.476. The summed E-state index contributed by atoms with van der Waals surface area (Å²) in [5.41, 5.74) is -0.760. The number of carbonyl (C=O) groups is 2. The average molecular weight is 239 g/mol. The zero-order chi connectivity index (χ0) is 13.4. The molecule has 4 heteroatoms. The largest absolute Gasteiger partial charge is 0.511 e. The Morgan fingerprint density at radius 1 is 1.29 bits per heavy atom. The molecule has 0 fully saturated rings. The molecule has 2 N–H and O–H groups in total. The molecule has 0 radical (unpaired) electrons. The summed E-state index contributed by atoms with van der Waals surface area (Å²) < 4.78 is 0. The molecule has 1 amide bonds. The summed E-state index contributed by atoms with van der Waals surface area (Å²) in [7, 11) is 0. The van der Waals surface area contributed by atoms with Crippen LogP contribution in [0.3, 0.4) is 0 Å². The predicted molar refractivity (Wildman–Crippen MR) is 65.6 cm³/mol. The molecule has 0 unspecified atom stereocenters. The number of Topliss-reactive ketones (excluding diaryl/α,β-unsaturated/α-hetero) is 1. The molecule has 4 nitrogen and oxygen atoms in total. The number of ketones is 1. The highest BCUT2D eigenvalue weighted by atomic mass is 16.3. The number of aliphatic hydroxyl groups is 1. The van der Waals surface area contributed by atoms with E-state index in [1.807, 2.05) is 34.6 Å². The van der Waals surface area contributed by atoms with E-state index in [1.54, 1.807) is 0 Å². The SMILES string of the molecule is CC1(C)CC(=O)C(C(=O)NC(C)(C)C)=C(O)C1. The molecular formula is C13H21NO3. The predicted octanol–water partition coefficient (Wildman–Crippen LogP) is 2.10. The van der Waals surface area contributed by atoms with E-state index in [-0.39, 0.29) is 22.5 Å². The minimum Gasteiger partial charge on any atom is -0.511 e. The maximum absolute atomic E-state index is 11.9. The third kappa shape index (κ3) is 3.58. The van der Waals surface area contributed by atoms with Crippen molar-refractivity contribution in [2.24, 2.45) is 5.41 Å². The highest BCUT2D eigenvalue weighted by Gasteiger charge is 2.36. The van der Waals surface area contributed by atoms with Crippen LogP contribution in [0.1, 0.15) is 47.5 Å². The van der Waals surface area contributed by atoms with Gasteiger partial charge >= 0.3 is 0 Å². The number of nitrogens with one attached hydrogen (secondary N) is 1. The van der Waals surface area contributed by atoms with Crippen molar-refractivity contribution >= 4 is 11.7 Å². The Morgan fingerprint density at radius 3 is 2.24 bits per heavy atom. The lowest BCUT2D eigenvalue weighted by Gasteiger charge is -2.30. The van der Waals surface area contributed by atoms with E-state index in [4.69, 9.17) is 0 Å². The topological polar surface area (TPSA) is 66.4 Å². The maximum atomic E-state index is 11.9. The molecule has 96 valence electrons. The smallest absolute Gasteiger partial charge is 0.258 e. The maximum Gasteiger partial charge on any atom is 0.258 e. The monoisotopic (exact) mass is 239 g/mol. The number of amides is 1. The van der Waals surface area contributed by atoms with Crippen molar-refractivity contribution in [1.29, 1.82) is 0 Å². The number of allylic oxidation sites excluding steroid dienone is 1. The van der Waals surface area contributed by atoms with Gasteiger partial charge in [0.2, 0.25) is 0 Å². The second-order valence-corrected chi connectivity index (χ2v) is 6.47. The molecular weight excluding hydrogens is 218 g/mol. The summed E-state index contributed by atoms with van der Waals surface area (Å²) in [4.78, 5) is 23.8. The van der Waals surface area contributed by atoms with Crippen LogP contribution < -0.4 is 5.32 Å². The summed E-state index contributed by atoms with van der Waals surface area (Å²) in [6.45, 7) is 9.30. The first-order valence-corrected chi connectivity index (χ1v) is 5.80. The summed E-state index contributed by atoms with van der Waals surface area (Å²) in [5, 5.41) is 12.5. The van der Waals surface area contributed by atoms with E-state index in [2.05, 4.69) is 5.32 Å². The molecule has 0 spiro atoms. The van der Waals surface area contributed by atoms with E-state index in [1.165, 1.54) is 0 Å². The molecule has 0 aromatic carbocycles. The Bertz CT molecular complexity index is 386. The quantitative estimate of drug-likeness (QED) is 0.689. The zero-order valence-corrected chi connectivity index (χ0v) is 11.2. The van der Waals surface area contributed by atoms with Gasteiger partial charge in [0.15, 0.2) is 5.78 Å². The van der Waals surface area contributed by atoms with E-state index in [0.29, 0.717) is 12.8 Å². The average Bonchev–Trinajstić information content (AvgIpc) is 1.94. The second kappa shape index (κ2) is 4.17. The Hall–Kier alpha value is -1.32. The van der Waals surface area contributed by atoms with Gasteiger partial charge < -0.3 is 10.4 Å². The molecule has 0 saturated carbocycles. The fourth-order valence-corrected chi connectivity index (χ4v) is 1.95. The van der Waals surface area contributed by atoms with Crippen molar-refractivity contribution in [2.75, 3.05) is 0 Å². The van der Waals surface area contributed by atoms with E-state index in [0.717, 1.165) is 0 Å². The molecule has 1 aliphatic carbocycles. The first-order valence-electron chi connectivity index (χ1n) is 5.80.